The maximum Gasteiger partial charge on any atom is 0.230 e. The maximum absolute atomic E-state index is 11.3. The molecule has 0 aliphatic rings. The molecule has 0 atom stereocenters. The molecule has 0 spiro atoms. The van der Waals surface area contributed by atoms with E-state index in [1.807, 2.05) is 52.4 Å². The lowest BCUT2D eigenvalue weighted by Crippen LogP contribution is -2.27. The fourth-order valence-electron chi connectivity index (χ4n) is 1.20. The first-order valence-electron chi connectivity index (χ1n) is 9.27. The van der Waals surface area contributed by atoms with Crippen LogP contribution in [0.25, 0.3) is 0 Å². The Bertz CT molecular complexity index is 300. The zero-order valence-electron chi connectivity index (χ0n) is 17.3. The Morgan fingerprint density at radius 1 is 0.731 bits per heavy atom. The van der Waals surface area contributed by atoms with Gasteiger partial charge >= 0.3 is 0 Å². The van der Waals surface area contributed by atoms with Crippen molar-refractivity contribution in [1.82, 2.24) is 10.6 Å². The van der Waals surface area contributed by atoms with E-state index in [9.17, 15) is 9.59 Å². The summed E-state index contributed by atoms with van der Waals surface area (Å²) >= 11 is 6.63. The number of hydrogen-bond acceptors (Lipinski definition) is 6. The number of hydrogen-bond donors (Lipinski definition) is 2. The Kier molecular flexibility index (Phi) is 35.3. The summed E-state index contributed by atoms with van der Waals surface area (Å²) in [5, 5.41) is 9.84. The predicted molar refractivity (Wildman–Crippen MR) is 129 cm³/mol. The van der Waals surface area contributed by atoms with Crippen LogP contribution in [0.5, 0.6) is 0 Å². The van der Waals surface area contributed by atoms with Crippen LogP contribution in [-0.4, -0.2) is 59.4 Å². The first kappa shape index (κ1) is 30.8. The average molecular weight is 443 g/mol. The molecule has 0 saturated heterocycles. The first-order valence-corrected chi connectivity index (χ1v) is 13.7. The van der Waals surface area contributed by atoms with Gasteiger partial charge in [0.05, 0.1) is 11.5 Å². The summed E-state index contributed by atoms with van der Waals surface area (Å²) in [6.07, 6.45) is 0. The first-order chi connectivity index (χ1) is 12.7. The molecule has 0 saturated carbocycles. The molecule has 8 heteroatoms. The molecule has 0 bridgehead atoms. The molecule has 0 rings (SSSR count). The zero-order chi connectivity index (χ0) is 20.5. The van der Waals surface area contributed by atoms with Crippen LogP contribution in [0.1, 0.15) is 41.5 Å². The van der Waals surface area contributed by atoms with Gasteiger partial charge in [-0.25, -0.2) is 0 Å². The highest BCUT2D eigenvalue weighted by molar-refractivity contribution is 8.05. The highest BCUT2D eigenvalue weighted by atomic mass is 32.2. The van der Waals surface area contributed by atoms with Crippen molar-refractivity contribution >= 4 is 58.9 Å². The molecule has 0 aliphatic heterocycles. The lowest BCUT2D eigenvalue weighted by atomic mass is 10.6. The van der Waals surface area contributed by atoms with E-state index in [4.69, 9.17) is 0 Å². The summed E-state index contributed by atoms with van der Waals surface area (Å²) in [6.45, 7) is 13.5. The van der Waals surface area contributed by atoms with E-state index >= 15 is 0 Å². The highest BCUT2D eigenvalue weighted by Crippen LogP contribution is 2.08. The third kappa shape index (κ3) is 28.9. The Morgan fingerprint density at radius 2 is 1.08 bits per heavy atom. The molecule has 2 N–H and O–H groups in total. The van der Waals surface area contributed by atoms with Crippen molar-refractivity contribution in [3.63, 3.8) is 0 Å². The van der Waals surface area contributed by atoms with Gasteiger partial charge in [0.15, 0.2) is 0 Å². The van der Waals surface area contributed by atoms with Crippen LogP contribution in [0.2, 0.25) is 0 Å². The number of nitrogens with one attached hydrogen (secondary N) is 2. The minimum atomic E-state index is 0.114. The molecule has 156 valence electrons. The Hall–Kier alpha value is 0.0800. The number of rotatable bonds is 14. The number of carbonyl (C=O) groups excluding carboxylic acids is 2. The number of carbonyl (C=O) groups is 2. The molecule has 0 fully saturated rings. The molecular formula is C18H38N2O2S4. The summed E-state index contributed by atoms with van der Waals surface area (Å²) in [4.78, 5) is 22.7. The highest BCUT2D eigenvalue weighted by Gasteiger charge is 1.99. The van der Waals surface area contributed by atoms with Gasteiger partial charge in [0.1, 0.15) is 0 Å². The van der Waals surface area contributed by atoms with E-state index < -0.39 is 0 Å². The molecule has 0 aliphatic carbocycles. The molecule has 0 radical (unpaired) electrons. The summed E-state index contributed by atoms with van der Waals surface area (Å²) in [7, 11) is 0. The van der Waals surface area contributed by atoms with Crippen molar-refractivity contribution in [1.29, 1.82) is 0 Å². The van der Waals surface area contributed by atoms with Crippen molar-refractivity contribution < 1.29 is 9.59 Å². The van der Waals surface area contributed by atoms with E-state index in [1.54, 1.807) is 47.0 Å². The normalized spacial score (nSPS) is 9.62. The summed E-state index contributed by atoms with van der Waals surface area (Å²) in [6, 6.07) is 0. The Morgan fingerprint density at radius 3 is 1.38 bits per heavy atom. The second-order valence-corrected chi connectivity index (χ2v) is 8.56. The molecule has 2 amide bonds. The van der Waals surface area contributed by atoms with E-state index in [-0.39, 0.29) is 11.8 Å². The van der Waals surface area contributed by atoms with Crippen molar-refractivity contribution in [3.05, 3.63) is 10.8 Å². The Labute approximate surface area is 178 Å². The van der Waals surface area contributed by atoms with Crippen molar-refractivity contribution in [2.45, 2.75) is 41.5 Å². The average Bonchev–Trinajstić information content (AvgIpc) is 2.69. The third-order valence-corrected chi connectivity index (χ3v) is 5.66. The quantitative estimate of drug-likeness (QED) is 0.380. The van der Waals surface area contributed by atoms with E-state index in [1.165, 1.54) is 0 Å². The SMILES string of the molecule is CC.CC.CCSCC(=O)NCCS/C=C\SCCNC(=O)CSCC. The molecule has 26 heavy (non-hydrogen) atoms. The monoisotopic (exact) mass is 442 g/mol. The van der Waals surface area contributed by atoms with Gasteiger partial charge < -0.3 is 10.6 Å². The van der Waals surface area contributed by atoms with Gasteiger partial charge in [-0.3, -0.25) is 9.59 Å². The van der Waals surface area contributed by atoms with Crippen LogP contribution in [-0.2, 0) is 9.59 Å². The second-order valence-electron chi connectivity index (χ2n) is 3.99. The van der Waals surface area contributed by atoms with Crippen LogP contribution >= 0.6 is 47.0 Å². The maximum atomic E-state index is 11.3. The molecule has 0 aromatic heterocycles. The molecule has 0 heterocycles. The largest absolute Gasteiger partial charge is 0.355 e. The van der Waals surface area contributed by atoms with Crippen LogP contribution < -0.4 is 10.6 Å². The minimum Gasteiger partial charge on any atom is -0.355 e. The second kappa shape index (κ2) is 29.8. The van der Waals surface area contributed by atoms with E-state index in [0.717, 1.165) is 23.0 Å². The molecule has 0 unspecified atom stereocenters. The topological polar surface area (TPSA) is 58.2 Å². The van der Waals surface area contributed by atoms with Gasteiger partial charge in [-0.2, -0.15) is 23.5 Å². The van der Waals surface area contributed by atoms with Gasteiger partial charge in [0, 0.05) is 24.6 Å². The lowest BCUT2D eigenvalue weighted by Gasteiger charge is -2.03. The zero-order valence-corrected chi connectivity index (χ0v) is 20.5. The number of thioether (sulfide) groups is 4. The van der Waals surface area contributed by atoms with Gasteiger partial charge in [0.2, 0.25) is 11.8 Å². The van der Waals surface area contributed by atoms with Crippen molar-refractivity contribution in [2.24, 2.45) is 0 Å². The van der Waals surface area contributed by atoms with Crippen LogP contribution in [0.3, 0.4) is 0 Å². The third-order valence-electron chi connectivity index (χ3n) is 2.21. The van der Waals surface area contributed by atoms with Gasteiger partial charge in [0.25, 0.3) is 0 Å². The van der Waals surface area contributed by atoms with Crippen LogP contribution in [0.15, 0.2) is 10.8 Å². The minimum absolute atomic E-state index is 0.114. The molecular weight excluding hydrogens is 404 g/mol. The van der Waals surface area contributed by atoms with Crippen molar-refractivity contribution in [2.75, 3.05) is 47.6 Å². The molecule has 4 nitrogen and oxygen atoms in total. The van der Waals surface area contributed by atoms with E-state index in [2.05, 4.69) is 10.6 Å². The lowest BCUT2D eigenvalue weighted by molar-refractivity contribution is -0.119. The van der Waals surface area contributed by atoms with Crippen LogP contribution in [0.4, 0.5) is 0 Å². The summed E-state index contributed by atoms with van der Waals surface area (Å²) < 4.78 is 0. The summed E-state index contributed by atoms with van der Waals surface area (Å²) in [5.74, 6) is 5.03. The van der Waals surface area contributed by atoms with E-state index in [0.29, 0.717) is 24.6 Å². The van der Waals surface area contributed by atoms with Gasteiger partial charge in [-0.15, -0.1) is 23.5 Å². The predicted octanol–water partition coefficient (Wildman–Crippen LogP) is 4.72. The standard InChI is InChI=1S/C14H26N2O2S4.2C2H6/c1-3-19-11-13(17)15-5-7-21-9-10-22-8-6-16-14(18)12-20-4-2;2*1-2/h9-10H,3-8,11-12H2,1-2H3,(H,15,17)(H,16,18);2*1-2H3/b10-9-;;. The van der Waals surface area contributed by atoms with Crippen molar-refractivity contribution in [3.8, 4) is 0 Å². The summed E-state index contributed by atoms with van der Waals surface area (Å²) in [5.41, 5.74) is 0. The molecule has 0 aromatic carbocycles. The van der Waals surface area contributed by atoms with Gasteiger partial charge in [-0.1, -0.05) is 41.5 Å². The molecule has 0 aromatic rings. The van der Waals surface area contributed by atoms with Gasteiger partial charge in [-0.05, 0) is 22.3 Å². The van der Waals surface area contributed by atoms with Crippen LogP contribution in [0, 0.1) is 0 Å². The Balaban J connectivity index is -0.00000123. The number of amides is 2. The fraction of sp³-hybridized carbons (Fsp3) is 0.778. The fourth-order valence-corrected chi connectivity index (χ4v) is 3.53. The smallest absolute Gasteiger partial charge is 0.230 e.